The SMILES string of the molecule is O=c1cc(-c2ccccc2O)oc2cc(O[C@@H]3OC(CO)[C@@H](O)[C@H](O)C3O)ccc12. The molecule has 4 rings (SSSR count). The third-order valence-corrected chi connectivity index (χ3v) is 4.97. The molecule has 3 aromatic rings. The van der Waals surface area contributed by atoms with E-state index in [1.54, 1.807) is 18.2 Å². The van der Waals surface area contributed by atoms with Gasteiger partial charge in [-0.1, -0.05) is 12.1 Å². The number of hydrogen-bond donors (Lipinski definition) is 5. The van der Waals surface area contributed by atoms with Crippen molar-refractivity contribution < 1.29 is 39.4 Å². The molecule has 158 valence electrons. The van der Waals surface area contributed by atoms with Crippen LogP contribution >= 0.6 is 0 Å². The van der Waals surface area contributed by atoms with E-state index >= 15 is 0 Å². The van der Waals surface area contributed by atoms with Crippen LogP contribution in [0.15, 0.2) is 57.7 Å². The molecule has 0 aliphatic carbocycles. The summed E-state index contributed by atoms with van der Waals surface area (Å²) in [5.41, 5.74) is 0.188. The number of aliphatic hydroxyl groups excluding tert-OH is 4. The van der Waals surface area contributed by atoms with Crippen molar-refractivity contribution >= 4 is 11.0 Å². The highest BCUT2D eigenvalue weighted by Crippen LogP contribution is 2.31. The fourth-order valence-corrected chi connectivity index (χ4v) is 3.32. The summed E-state index contributed by atoms with van der Waals surface area (Å²) in [5.74, 6) is 0.272. The van der Waals surface area contributed by atoms with E-state index in [-0.39, 0.29) is 33.7 Å². The third-order valence-electron chi connectivity index (χ3n) is 4.97. The second-order valence-corrected chi connectivity index (χ2v) is 6.97. The van der Waals surface area contributed by atoms with Crippen LogP contribution < -0.4 is 10.2 Å². The van der Waals surface area contributed by atoms with Crippen molar-refractivity contribution in [3.05, 3.63) is 58.8 Å². The lowest BCUT2D eigenvalue weighted by atomic mass is 9.99. The first-order valence-electron chi connectivity index (χ1n) is 9.22. The van der Waals surface area contributed by atoms with Crippen LogP contribution in [0, 0.1) is 0 Å². The molecule has 9 heteroatoms. The summed E-state index contributed by atoms with van der Waals surface area (Å²) in [6, 6.07) is 12.0. The molecule has 1 saturated heterocycles. The predicted molar refractivity (Wildman–Crippen MR) is 104 cm³/mol. The van der Waals surface area contributed by atoms with Gasteiger partial charge in [0.25, 0.3) is 0 Å². The molecule has 1 aliphatic rings. The number of ether oxygens (including phenoxy) is 2. The first-order chi connectivity index (χ1) is 14.4. The molecule has 0 spiro atoms. The summed E-state index contributed by atoms with van der Waals surface area (Å²) in [6.45, 7) is -0.582. The molecule has 0 amide bonds. The van der Waals surface area contributed by atoms with E-state index in [2.05, 4.69) is 0 Å². The van der Waals surface area contributed by atoms with Crippen LogP contribution in [0.5, 0.6) is 11.5 Å². The van der Waals surface area contributed by atoms with Crippen LogP contribution in [0.3, 0.4) is 0 Å². The average molecular weight is 416 g/mol. The maximum absolute atomic E-state index is 12.5. The van der Waals surface area contributed by atoms with Crippen LogP contribution in [0.4, 0.5) is 0 Å². The number of phenols is 1. The molecule has 0 bridgehead atoms. The van der Waals surface area contributed by atoms with Gasteiger partial charge in [-0.2, -0.15) is 0 Å². The summed E-state index contributed by atoms with van der Waals surface area (Å²) < 4.78 is 16.7. The number of hydrogen-bond acceptors (Lipinski definition) is 9. The minimum absolute atomic E-state index is 0.0475. The van der Waals surface area contributed by atoms with Crippen LogP contribution in [-0.2, 0) is 4.74 Å². The van der Waals surface area contributed by atoms with E-state index in [1.165, 1.54) is 30.3 Å². The van der Waals surface area contributed by atoms with Crippen LogP contribution in [0.1, 0.15) is 0 Å². The lowest BCUT2D eigenvalue weighted by Crippen LogP contribution is -2.60. The molecule has 0 saturated carbocycles. The highest BCUT2D eigenvalue weighted by molar-refractivity contribution is 5.80. The molecule has 1 aliphatic heterocycles. The smallest absolute Gasteiger partial charge is 0.229 e. The molecule has 1 fully saturated rings. The lowest BCUT2D eigenvalue weighted by Gasteiger charge is -2.39. The monoisotopic (exact) mass is 416 g/mol. The van der Waals surface area contributed by atoms with Gasteiger partial charge in [0.05, 0.1) is 17.6 Å². The fourth-order valence-electron chi connectivity index (χ4n) is 3.32. The zero-order chi connectivity index (χ0) is 21.4. The number of benzene rings is 2. The van der Waals surface area contributed by atoms with Gasteiger partial charge in [0, 0.05) is 12.1 Å². The van der Waals surface area contributed by atoms with Crippen molar-refractivity contribution in [3.63, 3.8) is 0 Å². The molecule has 5 N–H and O–H groups in total. The molecule has 0 radical (unpaired) electrons. The molecule has 30 heavy (non-hydrogen) atoms. The first-order valence-corrected chi connectivity index (χ1v) is 9.22. The van der Waals surface area contributed by atoms with Gasteiger partial charge in [-0.3, -0.25) is 4.79 Å². The average Bonchev–Trinajstić information content (AvgIpc) is 2.74. The maximum Gasteiger partial charge on any atom is 0.229 e. The van der Waals surface area contributed by atoms with Crippen molar-refractivity contribution in [3.8, 4) is 22.8 Å². The minimum Gasteiger partial charge on any atom is -0.507 e. The standard InChI is InChI=1S/C21H20O9/c22-9-17-18(25)19(26)20(27)21(30-17)28-10-5-6-12-14(24)8-16(29-15(12)7-10)11-3-1-2-4-13(11)23/h1-8,17-23,25-27H,9H2/t17?,18-,19+,20?,21-/m1/s1. The van der Waals surface area contributed by atoms with Gasteiger partial charge in [-0.25, -0.2) is 0 Å². The van der Waals surface area contributed by atoms with E-state index in [0.717, 1.165) is 0 Å². The summed E-state index contributed by atoms with van der Waals surface area (Å²) in [4.78, 5) is 12.5. The largest absolute Gasteiger partial charge is 0.507 e. The summed E-state index contributed by atoms with van der Waals surface area (Å²) in [5, 5.41) is 49.4. The molecule has 2 heterocycles. The van der Waals surface area contributed by atoms with Crippen LogP contribution in [-0.4, -0.2) is 62.8 Å². The minimum atomic E-state index is -1.58. The zero-order valence-corrected chi connectivity index (χ0v) is 15.6. The Morgan fingerprint density at radius 3 is 2.47 bits per heavy atom. The summed E-state index contributed by atoms with van der Waals surface area (Å²) in [7, 11) is 0. The number of para-hydroxylation sites is 1. The normalized spacial score (nSPS) is 26.6. The first kappa shape index (κ1) is 20.3. The Bertz CT molecular complexity index is 1110. The Labute approximate surface area is 170 Å². The molecule has 1 aromatic heterocycles. The second-order valence-electron chi connectivity index (χ2n) is 6.97. The van der Waals surface area contributed by atoms with Crippen molar-refractivity contribution in [2.45, 2.75) is 30.7 Å². The zero-order valence-electron chi connectivity index (χ0n) is 15.6. The number of fused-ring (bicyclic) bond motifs is 1. The molecule has 2 unspecified atom stereocenters. The molecular formula is C21H20O9. The van der Waals surface area contributed by atoms with Crippen LogP contribution in [0.2, 0.25) is 0 Å². The highest BCUT2D eigenvalue weighted by atomic mass is 16.7. The summed E-state index contributed by atoms with van der Waals surface area (Å²) in [6.07, 6.45) is -7.13. The quantitative estimate of drug-likeness (QED) is 0.406. The van der Waals surface area contributed by atoms with Gasteiger partial charge < -0.3 is 39.4 Å². The van der Waals surface area contributed by atoms with E-state index in [1.807, 2.05) is 0 Å². The van der Waals surface area contributed by atoms with Gasteiger partial charge in [0.15, 0.2) is 5.43 Å². The van der Waals surface area contributed by atoms with Crippen molar-refractivity contribution in [2.24, 2.45) is 0 Å². The Morgan fingerprint density at radius 1 is 0.967 bits per heavy atom. The number of aliphatic hydroxyl groups is 4. The van der Waals surface area contributed by atoms with E-state index < -0.39 is 37.3 Å². The topological polar surface area (TPSA) is 150 Å². The van der Waals surface area contributed by atoms with Crippen molar-refractivity contribution in [2.75, 3.05) is 6.61 Å². The van der Waals surface area contributed by atoms with Gasteiger partial charge in [-0.15, -0.1) is 0 Å². The number of aromatic hydroxyl groups is 1. The van der Waals surface area contributed by atoms with Gasteiger partial charge in [0.1, 0.15) is 47.3 Å². The highest BCUT2D eigenvalue weighted by Gasteiger charge is 2.44. The van der Waals surface area contributed by atoms with Gasteiger partial charge >= 0.3 is 0 Å². The molecule has 9 nitrogen and oxygen atoms in total. The van der Waals surface area contributed by atoms with Crippen molar-refractivity contribution in [1.29, 1.82) is 0 Å². The third kappa shape index (κ3) is 3.64. The van der Waals surface area contributed by atoms with Gasteiger partial charge in [-0.05, 0) is 24.3 Å². The Morgan fingerprint density at radius 2 is 1.73 bits per heavy atom. The maximum atomic E-state index is 12.5. The Balaban J connectivity index is 1.68. The fraction of sp³-hybridized carbons (Fsp3) is 0.286. The molecule has 2 aromatic carbocycles. The Kier molecular flexibility index (Phi) is 5.46. The molecule has 5 atom stereocenters. The summed E-state index contributed by atoms with van der Waals surface area (Å²) >= 11 is 0. The molecular weight excluding hydrogens is 396 g/mol. The lowest BCUT2D eigenvalue weighted by molar-refractivity contribution is -0.277. The predicted octanol–water partition coefficient (Wildman–Crippen LogP) is 0.344. The van der Waals surface area contributed by atoms with Crippen LogP contribution in [0.25, 0.3) is 22.3 Å². The number of phenolic OH excluding ortho intramolecular Hbond substituents is 1. The second kappa shape index (κ2) is 8.05. The van der Waals surface area contributed by atoms with Crippen molar-refractivity contribution in [1.82, 2.24) is 0 Å². The number of rotatable bonds is 4. The van der Waals surface area contributed by atoms with E-state index in [0.29, 0.717) is 5.56 Å². The Hall–Kier alpha value is -2.95. The van der Waals surface area contributed by atoms with E-state index in [4.69, 9.17) is 13.9 Å². The van der Waals surface area contributed by atoms with Gasteiger partial charge in [0.2, 0.25) is 6.29 Å². The van der Waals surface area contributed by atoms with E-state index in [9.17, 15) is 30.3 Å².